The van der Waals surface area contributed by atoms with Crippen molar-refractivity contribution in [3.8, 4) is 85.3 Å². The molecule has 1 aliphatic carbocycles. The molecule has 2 atom stereocenters. The number of methoxy groups -OCH3 is 7. The summed E-state index contributed by atoms with van der Waals surface area (Å²) in [5.74, 6) is 6.22. The summed E-state index contributed by atoms with van der Waals surface area (Å²) in [5.41, 5.74) is 23.9. The van der Waals surface area contributed by atoms with Crippen molar-refractivity contribution in [2.75, 3.05) is 123 Å². The minimum absolute atomic E-state index is 0.115. The topological polar surface area (TPSA) is 315 Å². The molecule has 2 N–H and O–H groups in total. The van der Waals surface area contributed by atoms with Crippen molar-refractivity contribution in [2.45, 2.75) is 92.6 Å². The van der Waals surface area contributed by atoms with Crippen LogP contribution in [0.5, 0.6) is 40.2 Å². The van der Waals surface area contributed by atoms with E-state index >= 15 is 0 Å². The molecule has 1 saturated carbocycles. The highest BCUT2D eigenvalue weighted by atomic mass is 16.5. The molecule has 33 heteroatoms. The van der Waals surface area contributed by atoms with E-state index in [0.29, 0.717) is 37.2 Å². The number of hydrogen-bond donors (Lipinski definition) is 2. The lowest BCUT2D eigenvalue weighted by Gasteiger charge is -2.32. The van der Waals surface area contributed by atoms with Crippen LogP contribution in [0, 0.1) is 24.7 Å². The van der Waals surface area contributed by atoms with Gasteiger partial charge in [-0.3, -0.25) is 43.3 Å². The fraction of sp³-hybridized carbons (Fsp3) is 0.336. The summed E-state index contributed by atoms with van der Waals surface area (Å²) in [5, 5.41) is 35.4. The van der Waals surface area contributed by atoms with Crippen LogP contribution in [-0.4, -0.2) is 220 Å². The van der Waals surface area contributed by atoms with Gasteiger partial charge in [-0.25, -0.2) is 19.9 Å². The van der Waals surface area contributed by atoms with Gasteiger partial charge in [-0.1, -0.05) is 41.5 Å². The number of aliphatic hydroxyl groups excluding tert-OH is 1. The molecule has 1 fully saturated rings. The van der Waals surface area contributed by atoms with Gasteiger partial charge in [-0.15, -0.1) is 0 Å². The molecule has 8 aromatic carbocycles. The first kappa shape index (κ1) is 99.3. The molecule has 2 unspecified atom stereocenters. The standard InChI is InChI=1S/C30H39N5O4.C26H27N7O2.C26H30N6O.C25H30N6O2/c1-19(2)29(36)18-39-30(20(3)4)17-35(23-10-24(37-6)13-25(11-23)38-7)22-8-9-26-27(12-22)33-28(15-31-26)21-14-32-34(5)16-21;1-18-7-8-28-33(18)10-9-32(21-11-22(34-3)14-23(12-21)35-4)20-5-6-24-25(13-20)30-26(16-27-24)19-15-29-31(2)17-19;1-30(2)15-19-9-22(11-23(10-19)33-4)32(16-18-5-6-18)21-7-8-24-25(12-21)29-26(14-27-24)20-13-28-31(3)17-20;1-17(2)26-8-9-31(20-10-21(32-4)13-22(11-20)33-5)19-6-7-23-24(12-19)29-25(15-27-23)18-14-28-30(3)16-18/h8-16,19-20,29-30,36H,17-18H2,1-7H3;5-8,11-17H,9-10H2,1-4H3;7-14,17-18H,5-6,15-16H2,1-4H3;6-7,10-17,26H,8-9H2,1-5H3. The van der Waals surface area contributed by atoms with Crippen LogP contribution in [0.3, 0.4) is 0 Å². The zero-order valence-electron chi connectivity index (χ0n) is 83.5. The second kappa shape index (κ2) is 45.8. The van der Waals surface area contributed by atoms with Crippen molar-refractivity contribution < 1.29 is 43.0 Å². The average Bonchev–Trinajstić information content (AvgIpc) is 1.16. The zero-order chi connectivity index (χ0) is 98.8. The Labute approximate surface area is 817 Å². The summed E-state index contributed by atoms with van der Waals surface area (Å²) >= 11 is 0. The number of rotatable bonds is 37. The number of fused-ring (bicyclic) bond motifs is 4. The van der Waals surface area contributed by atoms with Gasteiger partial charge in [0.15, 0.2) is 0 Å². The first-order valence-electron chi connectivity index (χ1n) is 46.8. The van der Waals surface area contributed by atoms with E-state index in [1.54, 1.807) is 106 Å². The van der Waals surface area contributed by atoms with E-state index in [0.717, 1.165) is 201 Å². The van der Waals surface area contributed by atoms with Crippen LogP contribution in [0.2, 0.25) is 0 Å². The number of aliphatic hydroxyl groups is 1. The number of aromatic nitrogens is 18. The maximum absolute atomic E-state index is 10.4. The van der Waals surface area contributed by atoms with Gasteiger partial charge in [0.1, 0.15) is 40.2 Å². The Balaban J connectivity index is 0.000000141. The fourth-order valence-electron chi connectivity index (χ4n) is 16.1. The number of hydrogen-bond acceptors (Lipinski definition) is 28. The third-order valence-electron chi connectivity index (χ3n) is 24.1. The molecule has 9 aromatic heterocycles. The number of aryl methyl sites for hydroxylation is 5. The van der Waals surface area contributed by atoms with Gasteiger partial charge < -0.3 is 72.8 Å². The fourth-order valence-corrected chi connectivity index (χ4v) is 16.1. The Bertz CT molecular complexity index is 6960. The Morgan fingerprint density at radius 1 is 0.386 bits per heavy atom. The van der Waals surface area contributed by atoms with Crippen molar-refractivity contribution in [3.63, 3.8) is 0 Å². The van der Waals surface area contributed by atoms with Crippen LogP contribution in [0.25, 0.3) is 89.2 Å². The summed E-state index contributed by atoms with van der Waals surface area (Å²) in [4.78, 5) is 49.3. The predicted molar refractivity (Wildman–Crippen MR) is 552 cm³/mol. The number of ether oxygens (including phenoxy) is 8. The Kier molecular flexibility index (Phi) is 32.5. The van der Waals surface area contributed by atoms with Crippen LogP contribution in [0.15, 0.2) is 232 Å². The number of anilines is 8. The molecule has 0 spiro atoms. The second-order valence-corrected chi connectivity index (χ2v) is 36.0. The lowest BCUT2D eigenvalue weighted by molar-refractivity contribution is -0.0379. The third kappa shape index (κ3) is 25.4. The van der Waals surface area contributed by atoms with E-state index in [4.69, 9.17) is 57.8 Å². The maximum Gasteiger partial charge on any atom is 0.124 e. The minimum atomic E-state index is -0.529. The lowest BCUT2D eigenvalue weighted by Crippen LogP contribution is -2.37. The number of nitrogens with zero attached hydrogens (tertiary/aromatic N) is 23. The van der Waals surface area contributed by atoms with E-state index in [2.05, 4.69) is 185 Å². The second-order valence-electron chi connectivity index (χ2n) is 36.0. The highest BCUT2D eigenvalue weighted by Gasteiger charge is 2.29. The molecule has 0 radical (unpaired) electrons. The predicted octanol–water partition coefficient (Wildman–Crippen LogP) is 18.5. The van der Waals surface area contributed by atoms with E-state index in [1.165, 1.54) is 18.4 Å². The van der Waals surface area contributed by atoms with Crippen molar-refractivity contribution in [2.24, 2.45) is 45.9 Å². The van der Waals surface area contributed by atoms with Crippen LogP contribution in [-0.2, 0) is 46.0 Å². The summed E-state index contributed by atoms with van der Waals surface area (Å²) in [6.07, 6.45) is 25.8. The smallest absolute Gasteiger partial charge is 0.124 e. The number of nitrogens with one attached hydrogen (secondary N) is 1. The van der Waals surface area contributed by atoms with Gasteiger partial charge in [0.25, 0.3) is 0 Å². The van der Waals surface area contributed by atoms with Crippen LogP contribution >= 0.6 is 0 Å². The van der Waals surface area contributed by atoms with Crippen LogP contribution in [0.1, 0.15) is 65.6 Å². The summed E-state index contributed by atoms with van der Waals surface area (Å²) in [6, 6.07) is 51.2. The third-order valence-corrected chi connectivity index (χ3v) is 24.1. The van der Waals surface area contributed by atoms with Gasteiger partial charge in [-0.05, 0) is 148 Å². The van der Waals surface area contributed by atoms with Crippen molar-refractivity contribution in [1.82, 2.24) is 99.0 Å². The monoisotopic (exact) mass is 1890 g/mol. The Hall–Kier alpha value is -15.2. The quantitative estimate of drug-likeness (QED) is 0.0365. The maximum atomic E-state index is 10.4. The molecule has 0 saturated heterocycles. The van der Waals surface area contributed by atoms with Crippen LogP contribution in [0.4, 0.5) is 45.5 Å². The molecule has 0 aliphatic heterocycles. The van der Waals surface area contributed by atoms with Crippen molar-refractivity contribution in [1.29, 1.82) is 0 Å². The molecular weight excluding hydrogens is 1770 g/mol. The molecule has 728 valence electrons. The first-order valence-corrected chi connectivity index (χ1v) is 46.8. The summed E-state index contributed by atoms with van der Waals surface area (Å²) in [7, 11) is 23.4. The van der Waals surface area contributed by atoms with Crippen molar-refractivity contribution >= 4 is 89.6 Å². The zero-order valence-corrected chi connectivity index (χ0v) is 83.5. The molecule has 9 heterocycles. The molecule has 0 amide bonds. The van der Waals surface area contributed by atoms with Gasteiger partial charge in [0.2, 0.25) is 0 Å². The highest BCUT2D eigenvalue weighted by molar-refractivity contribution is 5.87. The van der Waals surface area contributed by atoms with Gasteiger partial charge in [0, 0.05) is 239 Å². The molecule has 18 rings (SSSR count). The van der Waals surface area contributed by atoms with E-state index < -0.39 is 6.10 Å². The largest absolute Gasteiger partial charge is 0.497 e. The van der Waals surface area contributed by atoms with Gasteiger partial charge >= 0.3 is 0 Å². The van der Waals surface area contributed by atoms with Gasteiger partial charge in [-0.2, -0.15) is 25.5 Å². The van der Waals surface area contributed by atoms with Gasteiger partial charge in [0.05, 0.1) is 192 Å². The number of benzene rings is 8. The van der Waals surface area contributed by atoms with Crippen molar-refractivity contribution in [3.05, 3.63) is 243 Å². The molecule has 17 aromatic rings. The normalized spacial score (nSPS) is 12.3. The van der Waals surface area contributed by atoms with E-state index in [-0.39, 0.29) is 24.5 Å². The van der Waals surface area contributed by atoms with E-state index in [9.17, 15) is 5.11 Å². The molecular formula is C107H126N24O9. The Morgan fingerprint density at radius 3 is 1.06 bits per heavy atom. The minimum Gasteiger partial charge on any atom is -0.497 e. The SMILES string of the molecule is COc1cc(CN(C)C)cc(N(CC2CC2)c2ccc3ncc(-c4cnn(C)c4)nc3c2)c1.COc1cc(OC)cc(N(CC(OCC(O)C(C)C)C(C)C)c2ccc3ncc(-c4cnn(C)c4)nc3c2)c1.COc1cc(OC)cc(N(CCNC(C)C)c2ccc3ncc(-c4cnn(C)c4)nc3c2)c1.COc1cc(OC)cc(N(CCn2nccc2C)c2ccc3ncc(-c4cnn(C)c4)nc3c2)c1. The average molecular weight is 1890 g/mol. The Morgan fingerprint density at radius 2 is 0.736 bits per heavy atom. The molecule has 33 nitrogen and oxygen atoms in total. The summed E-state index contributed by atoms with van der Waals surface area (Å²) in [6.45, 7) is 20.2. The van der Waals surface area contributed by atoms with Crippen LogP contribution < -0.4 is 58.1 Å². The molecule has 0 bridgehead atoms. The molecule has 140 heavy (non-hydrogen) atoms. The first-order chi connectivity index (χ1) is 67.6. The highest BCUT2D eigenvalue weighted by Crippen LogP contribution is 2.42. The molecule has 1 aliphatic rings. The summed E-state index contributed by atoms with van der Waals surface area (Å²) < 4.78 is 54.2. The lowest BCUT2D eigenvalue weighted by atomic mass is 10.0. The van der Waals surface area contributed by atoms with E-state index in [1.807, 2.05) is 181 Å².